The lowest BCUT2D eigenvalue weighted by Crippen LogP contribution is -2.44. The number of rotatable bonds is 18. The van der Waals surface area contributed by atoms with Crippen LogP contribution in [0.25, 0.3) is 0 Å². The molecule has 8 N–H and O–H groups in total. The summed E-state index contributed by atoms with van der Waals surface area (Å²) in [6.45, 7) is 6.07. The molecule has 0 bridgehead atoms. The molecule has 0 heterocycles. The number of hydrogen-bond donors (Lipinski definition) is 7. The molecule has 218 valence electrons. The first-order valence-electron chi connectivity index (χ1n) is 13.7. The Hall–Kier alpha value is -3.15. The summed E-state index contributed by atoms with van der Waals surface area (Å²) in [5.41, 5.74) is 7.69. The van der Waals surface area contributed by atoms with E-state index >= 15 is 0 Å². The van der Waals surface area contributed by atoms with Gasteiger partial charge in [0.25, 0.3) is 0 Å². The van der Waals surface area contributed by atoms with E-state index in [2.05, 4.69) is 27.6 Å². The summed E-state index contributed by atoms with van der Waals surface area (Å²) in [4.78, 5) is 0.230. The van der Waals surface area contributed by atoms with Crippen molar-refractivity contribution < 1.29 is 18.6 Å². The average molecular weight is 570 g/mol. The van der Waals surface area contributed by atoms with Crippen LogP contribution in [0.15, 0.2) is 77.7 Å². The van der Waals surface area contributed by atoms with Gasteiger partial charge in [0.15, 0.2) is 0 Å². The molecular formula is C30H43N5O4S. The maximum atomic E-state index is 12.6. The van der Waals surface area contributed by atoms with Crippen LogP contribution in [0.4, 0.5) is 5.69 Å². The molecule has 0 aliphatic rings. The van der Waals surface area contributed by atoms with Crippen LogP contribution in [-0.4, -0.2) is 51.4 Å². The Labute approximate surface area is 238 Å². The van der Waals surface area contributed by atoms with Gasteiger partial charge in [-0.05, 0) is 55.8 Å². The minimum atomic E-state index is -3.56. The number of sulfonamides is 1. The summed E-state index contributed by atoms with van der Waals surface area (Å²) < 4.78 is 27.9. The van der Waals surface area contributed by atoms with Crippen LogP contribution in [0.1, 0.15) is 37.3 Å². The number of phenols is 2. The second kappa shape index (κ2) is 15.6. The van der Waals surface area contributed by atoms with Crippen LogP contribution < -0.4 is 26.4 Å². The largest absolute Gasteiger partial charge is 0.508 e. The zero-order valence-corrected chi connectivity index (χ0v) is 24.0. The number of anilines is 1. The molecule has 0 saturated carbocycles. The molecule has 3 aromatic rings. The minimum absolute atomic E-state index is 0.230. The molecule has 10 heteroatoms. The highest BCUT2D eigenvalue weighted by molar-refractivity contribution is 7.89. The fraction of sp³-hybridized carbons (Fsp3) is 0.400. The highest BCUT2D eigenvalue weighted by Gasteiger charge is 2.24. The number of phenolic OH excluding ortho intramolecular Hbond substituents is 2. The van der Waals surface area contributed by atoms with E-state index in [1.165, 1.54) is 0 Å². The second-order valence-electron chi connectivity index (χ2n) is 10.4. The van der Waals surface area contributed by atoms with Crippen molar-refractivity contribution in [1.82, 2.24) is 15.4 Å². The topological polar surface area (TPSA) is 149 Å². The van der Waals surface area contributed by atoms with Crippen molar-refractivity contribution in [3.63, 3.8) is 0 Å². The van der Waals surface area contributed by atoms with E-state index in [0.29, 0.717) is 45.8 Å². The minimum Gasteiger partial charge on any atom is -0.508 e. The van der Waals surface area contributed by atoms with Gasteiger partial charge in [-0.1, -0.05) is 49.7 Å². The molecule has 0 aromatic heterocycles. The molecule has 0 spiro atoms. The van der Waals surface area contributed by atoms with Gasteiger partial charge < -0.3 is 31.9 Å². The van der Waals surface area contributed by atoms with Crippen molar-refractivity contribution in [2.45, 2.75) is 44.2 Å². The van der Waals surface area contributed by atoms with E-state index in [1.54, 1.807) is 48.5 Å². The Morgan fingerprint density at radius 1 is 0.750 bits per heavy atom. The molecule has 0 unspecified atom stereocenters. The molecule has 0 atom stereocenters. The molecular weight excluding hydrogens is 526 g/mol. The molecule has 0 aliphatic heterocycles. The number of aromatic hydroxyl groups is 2. The summed E-state index contributed by atoms with van der Waals surface area (Å²) in [5, 5.41) is 30.6. The third-order valence-electron chi connectivity index (χ3n) is 6.77. The summed E-state index contributed by atoms with van der Waals surface area (Å²) in [6.07, 6.45) is 2.53. The Kier molecular flexibility index (Phi) is 12.2. The summed E-state index contributed by atoms with van der Waals surface area (Å²) in [6, 6.07) is 21.3. The van der Waals surface area contributed by atoms with Crippen LogP contribution in [0, 0.1) is 5.41 Å². The fourth-order valence-corrected chi connectivity index (χ4v) is 5.38. The van der Waals surface area contributed by atoms with Gasteiger partial charge in [-0.2, -0.15) is 0 Å². The van der Waals surface area contributed by atoms with Crippen LogP contribution in [0.5, 0.6) is 11.5 Å². The van der Waals surface area contributed by atoms with Crippen LogP contribution in [0.2, 0.25) is 0 Å². The highest BCUT2D eigenvalue weighted by Crippen LogP contribution is 2.21. The van der Waals surface area contributed by atoms with E-state index in [0.717, 1.165) is 36.1 Å². The predicted octanol–water partition coefficient (Wildman–Crippen LogP) is 3.50. The number of para-hydroxylation sites is 2. The zero-order chi connectivity index (χ0) is 28.8. The van der Waals surface area contributed by atoms with E-state index in [1.807, 2.05) is 24.3 Å². The van der Waals surface area contributed by atoms with Crippen LogP contribution in [-0.2, 0) is 23.1 Å². The third-order valence-corrected chi connectivity index (χ3v) is 8.25. The van der Waals surface area contributed by atoms with E-state index in [9.17, 15) is 18.6 Å². The number of unbranched alkanes of at least 4 members (excludes halogenated alkanes) is 2. The van der Waals surface area contributed by atoms with Gasteiger partial charge in [-0.15, -0.1) is 0 Å². The summed E-state index contributed by atoms with van der Waals surface area (Å²) >= 11 is 0. The molecule has 9 nitrogen and oxygen atoms in total. The van der Waals surface area contributed by atoms with Crippen molar-refractivity contribution in [2.75, 3.05) is 38.0 Å². The molecule has 3 aromatic carbocycles. The van der Waals surface area contributed by atoms with Gasteiger partial charge in [-0.3, -0.25) is 0 Å². The Morgan fingerprint density at radius 2 is 1.30 bits per heavy atom. The number of nitrogens with two attached hydrogens (primary N) is 1. The normalized spacial score (nSPS) is 11.9. The number of hydrogen-bond acceptors (Lipinski definition) is 8. The van der Waals surface area contributed by atoms with E-state index < -0.39 is 10.0 Å². The summed E-state index contributed by atoms with van der Waals surface area (Å²) in [5.74, 6) is 0.514. The highest BCUT2D eigenvalue weighted by atomic mass is 32.2. The predicted molar refractivity (Wildman–Crippen MR) is 161 cm³/mol. The lowest BCUT2D eigenvalue weighted by atomic mass is 9.89. The van der Waals surface area contributed by atoms with Crippen molar-refractivity contribution >= 4 is 15.7 Å². The third kappa shape index (κ3) is 10.1. The van der Waals surface area contributed by atoms with Gasteiger partial charge in [0.2, 0.25) is 10.0 Å². The molecule has 40 heavy (non-hydrogen) atoms. The SMILES string of the molecule is CC(CNCc1ccccc1O)(CNCc1ccccc1O)CNc1ccc(S(=O)(=O)NCCCCCN)cc1. The van der Waals surface area contributed by atoms with Crippen LogP contribution in [0.3, 0.4) is 0 Å². The first-order chi connectivity index (χ1) is 19.2. The number of benzene rings is 3. The molecule has 0 aliphatic carbocycles. The molecule has 0 amide bonds. The zero-order valence-electron chi connectivity index (χ0n) is 23.2. The first kappa shape index (κ1) is 31.4. The lowest BCUT2D eigenvalue weighted by Gasteiger charge is -2.31. The van der Waals surface area contributed by atoms with Crippen molar-refractivity contribution in [2.24, 2.45) is 11.1 Å². The van der Waals surface area contributed by atoms with Crippen LogP contribution >= 0.6 is 0 Å². The van der Waals surface area contributed by atoms with Crippen molar-refractivity contribution in [3.8, 4) is 11.5 Å². The van der Waals surface area contributed by atoms with Gasteiger partial charge in [0.1, 0.15) is 11.5 Å². The van der Waals surface area contributed by atoms with Gasteiger partial charge in [0, 0.05) is 61.5 Å². The Balaban J connectivity index is 1.59. The summed E-state index contributed by atoms with van der Waals surface area (Å²) in [7, 11) is -3.56. The Morgan fingerprint density at radius 3 is 1.82 bits per heavy atom. The van der Waals surface area contributed by atoms with Gasteiger partial charge >= 0.3 is 0 Å². The smallest absolute Gasteiger partial charge is 0.240 e. The van der Waals surface area contributed by atoms with E-state index in [-0.39, 0.29) is 21.8 Å². The molecule has 0 saturated heterocycles. The van der Waals surface area contributed by atoms with E-state index in [4.69, 9.17) is 5.73 Å². The van der Waals surface area contributed by atoms with Crippen molar-refractivity contribution in [3.05, 3.63) is 83.9 Å². The van der Waals surface area contributed by atoms with Gasteiger partial charge in [-0.25, -0.2) is 13.1 Å². The van der Waals surface area contributed by atoms with Gasteiger partial charge in [0.05, 0.1) is 4.90 Å². The molecule has 0 fully saturated rings. The maximum Gasteiger partial charge on any atom is 0.240 e. The average Bonchev–Trinajstić information content (AvgIpc) is 2.94. The first-order valence-corrected chi connectivity index (χ1v) is 15.2. The maximum absolute atomic E-state index is 12.6. The quantitative estimate of drug-likeness (QED) is 0.115. The number of nitrogens with one attached hydrogen (secondary N) is 4. The van der Waals surface area contributed by atoms with Crippen molar-refractivity contribution in [1.29, 1.82) is 0 Å². The second-order valence-corrected chi connectivity index (χ2v) is 12.2. The molecule has 0 radical (unpaired) electrons. The monoisotopic (exact) mass is 569 g/mol. The standard InChI is InChI=1S/C30H43N5O4S/c1-30(21-32-19-24-9-3-5-11-28(24)36,22-33-20-25-10-4-6-12-29(25)37)23-34-26-13-15-27(16-14-26)40(38,39)35-18-8-2-7-17-31/h3-6,9-16,32-37H,2,7-8,17-23,31H2,1H3. The fourth-order valence-electron chi connectivity index (χ4n) is 4.31. The lowest BCUT2D eigenvalue weighted by molar-refractivity contribution is 0.303. The Bertz CT molecular complexity index is 1230. The molecule has 3 rings (SSSR count).